The molecule has 1 rings (SSSR count). The molecule has 0 aliphatic carbocycles. The Kier molecular flexibility index (Phi) is 6.12. The molecule has 106 valence electrons. The molecule has 5 nitrogen and oxygen atoms in total. The SMILES string of the molecule is CCCCCN(C)c1ncc(N)cc1C(=O)OCC. The molecule has 0 spiro atoms. The Morgan fingerprint density at radius 1 is 1.42 bits per heavy atom. The topological polar surface area (TPSA) is 68.5 Å². The number of carbonyl (C=O) groups is 1. The van der Waals surface area contributed by atoms with Crippen LogP contribution >= 0.6 is 0 Å². The first-order chi connectivity index (χ1) is 9.10. The predicted molar refractivity (Wildman–Crippen MR) is 77.4 cm³/mol. The number of hydrogen-bond donors (Lipinski definition) is 1. The Bertz CT molecular complexity index is 421. The van der Waals surface area contributed by atoms with Crippen molar-refractivity contribution >= 4 is 17.5 Å². The van der Waals surface area contributed by atoms with Gasteiger partial charge in [-0.2, -0.15) is 0 Å². The highest BCUT2D eigenvalue weighted by Crippen LogP contribution is 2.20. The lowest BCUT2D eigenvalue weighted by molar-refractivity contribution is 0.0526. The van der Waals surface area contributed by atoms with Crippen molar-refractivity contribution in [2.24, 2.45) is 0 Å². The van der Waals surface area contributed by atoms with Gasteiger partial charge in [0.15, 0.2) is 0 Å². The molecule has 0 fully saturated rings. The van der Waals surface area contributed by atoms with Crippen molar-refractivity contribution < 1.29 is 9.53 Å². The Morgan fingerprint density at radius 2 is 2.16 bits per heavy atom. The van der Waals surface area contributed by atoms with Gasteiger partial charge in [0.1, 0.15) is 11.4 Å². The van der Waals surface area contributed by atoms with Crippen molar-refractivity contribution in [1.82, 2.24) is 4.98 Å². The van der Waals surface area contributed by atoms with E-state index < -0.39 is 0 Å². The fraction of sp³-hybridized carbons (Fsp3) is 0.571. The number of anilines is 2. The van der Waals surface area contributed by atoms with Gasteiger partial charge < -0.3 is 15.4 Å². The molecule has 0 atom stereocenters. The predicted octanol–water partition coefficient (Wildman–Crippen LogP) is 2.47. The summed E-state index contributed by atoms with van der Waals surface area (Å²) in [6.45, 7) is 5.14. The maximum atomic E-state index is 11.9. The molecule has 0 aliphatic rings. The fourth-order valence-electron chi connectivity index (χ4n) is 1.84. The number of nitrogens with zero attached hydrogens (tertiary/aromatic N) is 2. The van der Waals surface area contributed by atoms with Crippen LogP contribution < -0.4 is 10.6 Å². The molecule has 1 aromatic rings. The van der Waals surface area contributed by atoms with Gasteiger partial charge in [0.2, 0.25) is 0 Å². The van der Waals surface area contributed by atoms with Crippen molar-refractivity contribution in [3.63, 3.8) is 0 Å². The normalized spacial score (nSPS) is 10.3. The zero-order valence-corrected chi connectivity index (χ0v) is 12.0. The van der Waals surface area contributed by atoms with Crippen LogP contribution in [0.15, 0.2) is 12.3 Å². The van der Waals surface area contributed by atoms with E-state index in [9.17, 15) is 4.79 Å². The van der Waals surface area contributed by atoms with Crippen molar-refractivity contribution in [2.75, 3.05) is 30.8 Å². The third-order valence-corrected chi connectivity index (χ3v) is 2.84. The van der Waals surface area contributed by atoms with Gasteiger partial charge in [-0.3, -0.25) is 0 Å². The highest BCUT2D eigenvalue weighted by molar-refractivity contribution is 5.95. The molecule has 0 radical (unpaired) electrons. The molecular formula is C14H23N3O2. The molecule has 1 aromatic heterocycles. The Morgan fingerprint density at radius 3 is 2.79 bits per heavy atom. The van der Waals surface area contributed by atoms with Crippen LogP contribution in [0.5, 0.6) is 0 Å². The summed E-state index contributed by atoms with van der Waals surface area (Å²) in [6.07, 6.45) is 4.96. The van der Waals surface area contributed by atoms with E-state index in [2.05, 4.69) is 11.9 Å². The molecule has 0 saturated heterocycles. The molecule has 0 unspecified atom stereocenters. The van der Waals surface area contributed by atoms with Crippen LogP contribution in [-0.2, 0) is 4.74 Å². The average molecular weight is 265 g/mol. The van der Waals surface area contributed by atoms with Crippen molar-refractivity contribution in [1.29, 1.82) is 0 Å². The van der Waals surface area contributed by atoms with Crippen molar-refractivity contribution in [3.8, 4) is 0 Å². The van der Waals surface area contributed by atoms with Crippen LogP contribution in [0.1, 0.15) is 43.5 Å². The van der Waals surface area contributed by atoms with Crippen LogP contribution in [-0.4, -0.2) is 31.2 Å². The number of nitrogen functional groups attached to an aromatic ring is 1. The number of aromatic nitrogens is 1. The molecule has 0 bridgehead atoms. The summed E-state index contributed by atoms with van der Waals surface area (Å²) in [5.74, 6) is 0.253. The van der Waals surface area contributed by atoms with E-state index in [-0.39, 0.29) is 5.97 Å². The number of pyridine rings is 1. The smallest absolute Gasteiger partial charge is 0.341 e. The van der Waals surface area contributed by atoms with E-state index in [1.54, 1.807) is 19.2 Å². The first-order valence-corrected chi connectivity index (χ1v) is 6.73. The molecule has 19 heavy (non-hydrogen) atoms. The largest absolute Gasteiger partial charge is 0.462 e. The maximum Gasteiger partial charge on any atom is 0.341 e. The minimum absolute atomic E-state index is 0.340. The summed E-state index contributed by atoms with van der Waals surface area (Å²) in [5, 5.41) is 0. The quantitative estimate of drug-likeness (QED) is 0.606. The van der Waals surface area contributed by atoms with E-state index in [0.717, 1.165) is 25.8 Å². The van der Waals surface area contributed by atoms with Crippen LogP contribution in [0.2, 0.25) is 0 Å². The van der Waals surface area contributed by atoms with Gasteiger partial charge in [-0.05, 0) is 19.4 Å². The number of carbonyl (C=O) groups excluding carboxylic acids is 1. The zero-order chi connectivity index (χ0) is 14.3. The summed E-state index contributed by atoms with van der Waals surface area (Å²) < 4.78 is 5.04. The van der Waals surface area contributed by atoms with Crippen molar-refractivity contribution in [3.05, 3.63) is 17.8 Å². The van der Waals surface area contributed by atoms with E-state index in [1.165, 1.54) is 0 Å². The van der Waals surface area contributed by atoms with Gasteiger partial charge >= 0.3 is 5.97 Å². The number of ether oxygens (including phenoxy) is 1. The zero-order valence-electron chi connectivity index (χ0n) is 12.0. The molecule has 0 saturated carbocycles. The van der Waals surface area contributed by atoms with Gasteiger partial charge in [-0.1, -0.05) is 19.8 Å². The molecule has 0 aromatic carbocycles. The lowest BCUT2D eigenvalue weighted by atomic mass is 10.2. The molecule has 2 N–H and O–H groups in total. The van der Waals surface area contributed by atoms with Crippen LogP contribution in [0.3, 0.4) is 0 Å². The minimum Gasteiger partial charge on any atom is -0.462 e. The number of rotatable bonds is 7. The number of nitrogens with two attached hydrogens (primary N) is 1. The molecular weight excluding hydrogens is 242 g/mol. The first-order valence-electron chi connectivity index (χ1n) is 6.73. The lowest BCUT2D eigenvalue weighted by Gasteiger charge is -2.20. The summed E-state index contributed by atoms with van der Waals surface area (Å²) in [7, 11) is 1.93. The monoisotopic (exact) mass is 265 g/mol. The third kappa shape index (κ3) is 4.43. The highest BCUT2D eigenvalue weighted by Gasteiger charge is 2.17. The van der Waals surface area contributed by atoms with Crippen LogP contribution in [0.4, 0.5) is 11.5 Å². The Balaban J connectivity index is 2.89. The number of hydrogen-bond acceptors (Lipinski definition) is 5. The van der Waals surface area contributed by atoms with E-state index >= 15 is 0 Å². The standard InChI is InChI=1S/C14H23N3O2/c1-4-6-7-8-17(3)13-12(14(18)19-5-2)9-11(15)10-16-13/h9-10H,4-8,15H2,1-3H3. The second-order valence-corrected chi connectivity index (χ2v) is 4.49. The molecule has 1 heterocycles. The lowest BCUT2D eigenvalue weighted by Crippen LogP contribution is -2.23. The number of esters is 1. The van der Waals surface area contributed by atoms with E-state index in [1.807, 2.05) is 11.9 Å². The van der Waals surface area contributed by atoms with E-state index in [4.69, 9.17) is 10.5 Å². The minimum atomic E-state index is -0.375. The highest BCUT2D eigenvalue weighted by atomic mass is 16.5. The summed E-state index contributed by atoms with van der Waals surface area (Å²) >= 11 is 0. The van der Waals surface area contributed by atoms with Gasteiger partial charge in [0.25, 0.3) is 0 Å². The Hall–Kier alpha value is -1.78. The third-order valence-electron chi connectivity index (χ3n) is 2.84. The fourth-order valence-corrected chi connectivity index (χ4v) is 1.84. The maximum absolute atomic E-state index is 11.9. The molecule has 0 aliphatic heterocycles. The van der Waals surface area contributed by atoms with Crippen LogP contribution in [0, 0.1) is 0 Å². The van der Waals surface area contributed by atoms with Crippen molar-refractivity contribution in [2.45, 2.75) is 33.1 Å². The molecule has 5 heteroatoms. The second kappa shape index (κ2) is 7.61. The molecule has 0 amide bonds. The first kappa shape index (κ1) is 15.3. The summed E-state index contributed by atoms with van der Waals surface area (Å²) in [6, 6.07) is 1.62. The van der Waals surface area contributed by atoms with Gasteiger partial charge in [-0.15, -0.1) is 0 Å². The summed E-state index contributed by atoms with van der Waals surface area (Å²) in [5.41, 5.74) is 6.59. The second-order valence-electron chi connectivity index (χ2n) is 4.49. The van der Waals surface area contributed by atoms with Gasteiger partial charge in [0, 0.05) is 13.6 Å². The van der Waals surface area contributed by atoms with Gasteiger partial charge in [0.05, 0.1) is 18.5 Å². The number of unbranched alkanes of at least 4 members (excludes halogenated alkanes) is 2. The van der Waals surface area contributed by atoms with E-state index in [0.29, 0.717) is 23.7 Å². The Labute approximate surface area is 114 Å². The van der Waals surface area contributed by atoms with Crippen LogP contribution in [0.25, 0.3) is 0 Å². The summed E-state index contributed by atoms with van der Waals surface area (Å²) in [4.78, 5) is 18.1. The van der Waals surface area contributed by atoms with Gasteiger partial charge in [-0.25, -0.2) is 9.78 Å². The average Bonchev–Trinajstić information content (AvgIpc) is 2.39.